The van der Waals surface area contributed by atoms with Gasteiger partial charge in [-0.15, -0.1) is 0 Å². The van der Waals surface area contributed by atoms with Gasteiger partial charge in [0.15, 0.2) is 5.52 Å². The Bertz CT molecular complexity index is 2480. The monoisotopic (exact) mass is 510 g/mol. The van der Waals surface area contributed by atoms with Crippen LogP contribution < -0.4 is 9.30 Å². The Balaban J connectivity index is 1.54. The molecule has 184 valence electrons. The lowest BCUT2D eigenvalue weighted by atomic mass is 9.70. The van der Waals surface area contributed by atoms with Gasteiger partial charge in [-0.2, -0.15) is 4.57 Å². The summed E-state index contributed by atoms with van der Waals surface area (Å²) in [6.45, 7) is 0. The highest BCUT2D eigenvalue weighted by Gasteiger charge is 2.59. The lowest BCUT2D eigenvalue weighted by molar-refractivity contribution is -0.730. The number of ether oxygens (including phenoxy) is 1. The molecule has 0 amide bonds. The molecule has 1 atom stereocenters. The number of aromatic nitrogens is 3. The van der Waals surface area contributed by atoms with E-state index in [2.05, 4.69) is 135 Å². The normalized spacial score (nSPS) is 17.3. The Morgan fingerprint density at radius 2 is 1.20 bits per heavy atom. The molecular weight excluding hydrogens is 490 g/mol. The second-order valence-corrected chi connectivity index (χ2v) is 11.1. The molecule has 4 heteroatoms. The molecule has 0 N–H and O–H groups in total. The Morgan fingerprint density at radius 1 is 0.525 bits per heavy atom. The molecular formula is C36H20N3O+. The summed E-state index contributed by atoms with van der Waals surface area (Å²) < 4.78 is 14.2. The highest BCUT2D eigenvalue weighted by atomic mass is 16.5. The van der Waals surface area contributed by atoms with Crippen LogP contribution in [-0.4, -0.2) is 9.13 Å². The molecule has 0 radical (unpaired) electrons. The van der Waals surface area contributed by atoms with Crippen LogP contribution in [-0.2, 0) is 5.54 Å². The van der Waals surface area contributed by atoms with Crippen LogP contribution in [0, 0.1) is 0 Å². The molecule has 0 fully saturated rings. The molecule has 1 unspecified atom stereocenters. The summed E-state index contributed by atoms with van der Waals surface area (Å²) in [6.07, 6.45) is 2.26. The lowest BCUT2D eigenvalue weighted by Gasteiger charge is -2.44. The number of nitrogens with zero attached hydrogens (tertiary/aromatic N) is 3. The minimum Gasteiger partial charge on any atom is -0.456 e. The number of hydrogen-bond acceptors (Lipinski definition) is 1. The fourth-order valence-corrected chi connectivity index (χ4v) is 8.19. The molecule has 5 aromatic carbocycles. The zero-order valence-corrected chi connectivity index (χ0v) is 21.3. The maximum atomic E-state index is 6.76. The van der Waals surface area contributed by atoms with Crippen LogP contribution in [0.5, 0.6) is 11.5 Å². The van der Waals surface area contributed by atoms with Crippen LogP contribution in [0.3, 0.4) is 0 Å². The predicted molar refractivity (Wildman–Crippen MR) is 157 cm³/mol. The van der Waals surface area contributed by atoms with Gasteiger partial charge in [0.2, 0.25) is 5.54 Å². The van der Waals surface area contributed by atoms with Crippen molar-refractivity contribution < 1.29 is 9.30 Å². The first-order valence-electron chi connectivity index (χ1n) is 13.8. The molecule has 40 heavy (non-hydrogen) atoms. The molecule has 3 aliphatic rings. The minimum absolute atomic E-state index is 0.593. The summed E-state index contributed by atoms with van der Waals surface area (Å²) >= 11 is 0. The van der Waals surface area contributed by atoms with Crippen LogP contribution >= 0.6 is 0 Å². The van der Waals surface area contributed by atoms with Gasteiger partial charge in [0.1, 0.15) is 17.0 Å². The highest BCUT2D eigenvalue weighted by Crippen LogP contribution is 2.60. The Kier molecular flexibility index (Phi) is 3.08. The van der Waals surface area contributed by atoms with Crippen molar-refractivity contribution in [3.63, 3.8) is 0 Å². The first-order chi connectivity index (χ1) is 19.9. The van der Waals surface area contributed by atoms with Gasteiger partial charge in [0.25, 0.3) is 5.82 Å². The topological polar surface area (TPSA) is 23.0 Å². The van der Waals surface area contributed by atoms with Crippen LogP contribution in [0.25, 0.3) is 55.1 Å². The van der Waals surface area contributed by atoms with Crippen molar-refractivity contribution in [2.75, 3.05) is 0 Å². The number of fused-ring (bicyclic) bond motifs is 10. The zero-order valence-electron chi connectivity index (χ0n) is 21.3. The average molecular weight is 511 g/mol. The third-order valence-corrected chi connectivity index (χ3v) is 9.50. The fraction of sp³-hybridized carbons (Fsp3) is 0.0278. The highest BCUT2D eigenvalue weighted by molar-refractivity contribution is 6.16. The summed E-state index contributed by atoms with van der Waals surface area (Å²) in [5, 5.41) is 5.07. The predicted octanol–water partition coefficient (Wildman–Crippen LogP) is 7.74. The molecule has 0 saturated heterocycles. The van der Waals surface area contributed by atoms with E-state index in [4.69, 9.17) is 4.74 Å². The maximum absolute atomic E-state index is 6.76. The molecule has 1 spiro atoms. The van der Waals surface area contributed by atoms with Crippen molar-refractivity contribution in [2.24, 2.45) is 0 Å². The van der Waals surface area contributed by atoms with Crippen LogP contribution in [0.2, 0.25) is 0 Å². The van der Waals surface area contributed by atoms with Gasteiger partial charge >= 0.3 is 0 Å². The van der Waals surface area contributed by atoms with Crippen molar-refractivity contribution in [3.8, 4) is 23.0 Å². The van der Waals surface area contributed by atoms with Gasteiger partial charge in [-0.25, -0.2) is 4.57 Å². The van der Waals surface area contributed by atoms with Crippen molar-refractivity contribution in [1.82, 2.24) is 9.13 Å². The van der Waals surface area contributed by atoms with E-state index >= 15 is 0 Å². The molecule has 4 nitrogen and oxygen atoms in total. The van der Waals surface area contributed by atoms with Gasteiger partial charge in [-0.05, 0) is 60.7 Å². The van der Waals surface area contributed by atoms with E-state index in [9.17, 15) is 0 Å². The van der Waals surface area contributed by atoms with Crippen LogP contribution in [0.1, 0.15) is 16.7 Å². The van der Waals surface area contributed by atoms with Gasteiger partial charge < -0.3 is 9.30 Å². The second-order valence-electron chi connectivity index (χ2n) is 11.1. The molecule has 0 bridgehead atoms. The quantitative estimate of drug-likeness (QED) is 0.191. The van der Waals surface area contributed by atoms with E-state index in [0.717, 1.165) is 17.3 Å². The third kappa shape index (κ3) is 1.86. The minimum atomic E-state index is -0.593. The standard InChI is InChI=1S/C36H20N3O/c1-4-12-26-21(9-1)24-17-19-30-33-35(24)38(26)28-18-16-23-22-10-2-5-13-27(22)39-31-15-7-8-20-37(31)36(33,32(28)34(23)39)25-11-3-6-14-29(25)40-30/h1-20H/q+1. The summed E-state index contributed by atoms with van der Waals surface area (Å²) in [7, 11) is 0. The molecule has 8 aromatic rings. The number of para-hydroxylation sites is 3. The first kappa shape index (κ1) is 19.7. The number of pyridine rings is 1. The maximum Gasteiger partial charge on any atom is 0.288 e. The lowest BCUT2D eigenvalue weighted by Crippen LogP contribution is -2.64. The molecule has 3 aromatic heterocycles. The first-order valence-corrected chi connectivity index (χ1v) is 13.8. The third-order valence-electron chi connectivity index (χ3n) is 9.50. The van der Waals surface area contributed by atoms with E-state index in [0.29, 0.717) is 0 Å². The number of benzene rings is 5. The van der Waals surface area contributed by atoms with Gasteiger partial charge in [-0.3, -0.25) is 0 Å². The van der Waals surface area contributed by atoms with E-state index in [1.54, 1.807) is 0 Å². The van der Waals surface area contributed by atoms with E-state index in [-0.39, 0.29) is 0 Å². The van der Waals surface area contributed by atoms with Crippen molar-refractivity contribution in [3.05, 3.63) is 138 Å². The van der Waals surface area contributed by atoms with Crippen LogP contribution in [0.4, 0.5) is 0 Å². The van der Waals surface area contributed by atoms with E-state index < -0.39 is 5.54 Å². The summed E-state index contributed by atoms with van der Waals surface area (Å²) in [6, 6.07) is 41.9. The van der Waals surface area contributed by atoms with Gasteiger partial charge in [0.05, 0.1) is 39.6 Å². The molecule has 3 aliphatic heterocycles. The average Bonchev–Trinajstić information content (AvgIpc) is 3.53. The number of hydrogen-bond donors (Lipinski definition) is 0. The van der Waals surface area contributed by atoms with E-state index in [1.165, 1.54) is 66.0 Å². The summed E-state index contributed by atoms with van der Waals surface area (Å²) in [4.78, 5) is 0. The Morgan fingerprint density at radius 3 is 2.05 bits per heavy atom. The Labute approximate surface area is 228 Å². The molecule has 11 rings (SSSR count). The van der Waals surface area contributed by atoms with Gasteiger partial charge in [-0.1, -0.05) is 48.5 Å². The van der Waals surface area contributed by atoms with Crippen molar-refractivity contribution in [1.29, 1.82) is 0 Å². The smallest absolute Gasteiger partial charge is 0.288 e. The Hall–Kier alpha value is -5.35. The SMILES string of the molecule is c1ccc2c(c1)Oc1ccc3c4ccccc4n4c3c1C21c2c-4ccc3c4ccccc4n(c23)-c2cccc[n+]21. The van der Waals surface area contributed by atoms with Gasteiger partial charge in [0, 0.05) is 27.6 Å². The van der Waals surface area contributed by atoms with E-state index in [1.807, 2.05) is 0 Å². The summed E-state index contributed by atoms with van der Waals surface area (Å²) in [5.41, 5.74) is 9.28. The largest absolute Gasteiger partial charge is 0.456 e. The van der Waals surface area contributed by atoms with Crippen molar-refractivity contribution in [2.45, 2.75) is 5.54 Å². The van der Waals surface area contributed by atoms with Crippen LogP contribution in [0.15, 0.2) is 121 Å². The fourth-order valence-electron chi connectivity index (χ4n) is 8.19. The number of rotatable bonds is 0. The molecule has 0 saturated carbocycles. The second kappa shape index (κ2) is 6.27. The van der Waals surface area contributed by atoms with Crippen molar-refractivity contribution >= 4 is 43.6 Å². The molecule has 6 heterocycles. The molecule has 0 aliphatic carbocycles. The zero-order chi connectivity index (χ0) is 25.7. The summed E-state index contributed by atoms with van der Waals surface area (Å²) in [5.74, 6) is 2.99.